The minimum atomic E-state index is -2.37. The summed E-state index contributed by atoms with van der Waals surface area (Å²) in [5, 5.41) is 3.45. The molecule has 1 aromatic rings. The van der Waals surface area contributed by atoms with Gasteiger partial charge in [-0.15, -0.1) is 0 Å². The second kappa shape index (κ2) is 7.10. The fourth-order valence-electron chi connectivity index (χ4n) is 2.57. The third-order valence-electron chi connectivity index (χ3n) is 3.34. The minimum Gasteiger partial charge on any atom is -0.369 e. The second-order valence-electron chi connectivity index (χ2n) is 4.69. The van der Waals surface area contributed by atoms with Crippen LogP contribution < -0.4 is 10.2 Å². The van der Waals surface area contributed by atoms with Crippen LogP contribution >= 0.6 is 11.8 Å². The molecule has 1 aliphatic heterocycles. The van der Waals surface area contributed by atoms with Crippen LogP contribution in [0.4, 0.5) is 14.5 Å². The number of hydrogen-bond donors (Lipinski definition) is 1. The Balaban J connectivity index is 2.11. The van der Waals surface area contributed by atoms with Crippen LogP contribution in [0.15, 0.2) is 29.2 Å². The van der Waals surface area contributed by atoms with Gasteiger partial charge in [0.1, 0.15) is 0 Å². The van der Waals surface area contributed by atoms with Crippen LogP contribution in [0.2, 0.25) is 0 Å². The van der Waals surface area contributed by atoms with E-state index in [1.165, 1.54) is 0 Å². The van der Waals surface area contributed by atoms with Gasteiger partial charge in [0, 0.05) is 24.0 Å². The summed E-state index contributed by atoms with van der Waals surface area (Å²) >= 11 is 0.638. The SMILES string of the molecule is CCNC1CCCN(c2ccccc2SC(F)F)C1. The molecule has 0 radical (unpaired) electrons. The lowest BCUT2D eigenvalue weighted by Gasteiger charge is -2.35. The third-order valence-corrected chi connectivity index (χ3v) is 4.11. The molecule has 0 aliphatic carbocycles. The van der Waals surface area contributed by atoms with E-state index in [0.29, 0.717) is 22.7 Å². The second-order valence-corrected chi connectivity index (χ2v) is 5.72. The maximum Gasteiger partial charge on any atom is 0.288 e. The molecule has 19 heavy (non-hydrogen) atoms. The Hall–Kier alpha value is -0.810. The molecule has 1 atom stereocenters. The number of halogens is 2. The van der Waals surface area contributed by atoms with Crippen molar-refractivity contribution in [2.45, 2.75) is 36.5 Å². The maximum absolute atomic E-state index is 12.6. The molecule has 0 amide bonds. The van der Waals surface area contributed by atoms with Crippen molar-refractivity contribution < 1.29 is 8.78 Å². The number of benzene rings is 1. The Labute approximate surface area is 117 Å². The van der Waals surface area contributed by atoms with Gasteiger partial charge in [0.2, 0.25) is 0 Å². The first-order chi connectivity index (χ1) is 9.20. The van der Waals surface area contributed by atoms with Crippen LogP contribution in [0.1, 0.15) is 19.8 Å². The van der Waals surface area contributed by atoms with Gasteiger partial charge in [-0.3, -0.25) is 0 Å². The molecule has 1 heterocycles. The number of piperidine rings is 1. The molecule has 0 aromatic heterocycles. The number of hydrogen-bond acceptors (Lipinski definition) is 3. The molecule has 5 heteroatoms. The van der Waals surface area contributed by atoms with Crippen LogP contribution in [0.25, 0.3) is 0 Å². The van der Waals surface area contributed by atoms with E-state index in [-0.39, 0.29) is 0 Å². The molecule has 0 saturated carbocycles. The average Bonchev–Trinajstić information content (AvgIpc) is 2.39. The predicted molar refractivity (Wildman–Crippen MR) is 77.2 cm³/mol. The summed E-state index contributed by atoms with van der Waals surface area (Å²) in [6.45, 7) is 4.89. The largest absolute Gasteiger partial charge is 0.369 e. The number of alkyl halides is 2. The molecule has 1 N–H and O–H groups in total. The summed E-state index contributed by atoms with van der Waals surface area (Å²) in [6, 6.07) is 7.92. The molecule has 1 saturated heterocycles. The molecule has 1 aromatic carbocycles. The van der Waals surface area contributed by atoms with Gasteiger partial charge in [0.15, 0.2) is 0 Å². The number of nitrogens with zero attached hydrogens (tertiary/aromatic N) is 1. The average molecular weight is 286 g/mol. The summed E-state index contributed by atoms with van der Waals surface area (Å²) in [4.78, 5) is 2.90. The summed E-state index contributed by atoms with van der Waals surface area (Å²) < 4.78 is 25.2. The zero-order chi connectivity index (χ0) is 13.7. The fraction of sp³-hybridized carbons (Fsp3) is 0.571. The van der Waals surface area contributed by atoms with Gasteiger partial charge < -0.3 is 10.2 Å². The van der Waals surface area contributed by atoms with Crippen molar-refractivity contribution in [1.82, 2.24) is 5.32 Å². The summed E-state index contributed by atoms with van der Waals surface area (Å²) in [7, 11) is 0. The minimum absolute atomic E-state index is 0.461. The lowest BCUT2D eigenvalue weighted by molar-refractivity contribution is 0.252. The molecule has 0 spiro atoms. The first kappa shape index (κ1) is 14.6. The molecular weight excluding hydrogens is 266 g/mol. The van der Waals surface area contributed by atoms with Gasteiger partial charge in [-0.05, 0) is 31.5 Å². The van der Waals surface area contributed by atoms with Crippen molar-refractivity contribution in [3.63, 3.8) is 0 Å². The van der Waals surface area contributed by atoms with Gasteiger partial charge >= 0.3 is 0 Å². The number of likely N-dealkylation sites (N-methyl/N-ethyl adjacent to an activating group) is 1. The smallest absolute Gasteiger partial charge is 0.288 e. The van der Waals surface area contributed by atoms with E-state index in [1.54, 1.807) is 6.07 Å². The van der Waals surface area contributed by atoms with Crippen molar-refractivity contribution >= 4 is 17.4 Å². The van der Waals surface area contributed by atoms with E-state index in [0.717, 1.165) is 38.2 Å². The van der Waals surface area contributed by atoms with Crippen LogP contribution in [0.5, 0.6) is 0 Å². The Morgan fingerprint density at radius 1 is 1.42 bits per heavy atom. The van der Waals surface area contributed by atoms with E-state index in [1.807, 2.05) is 18.2 Å². The molecule has 2 rings (SSSR count). The number of thioether (sulfide) groups is 1. The van der Waals surface area contributed by atoms with Gasteiger partial charge in [0.25, 0.3) is 5.76 Å². The first-order valence-electron chi connectivity index (χ1n) is 6.73. The molecular formula is C14H20F2N2S. The molecule has 1 unspecified atom stereocenters. The van der Waals surface area contributed by atoms with Crippen LogP contribution in [0, 0.1) is 0 Å². The van der Waals surface area contributed by atoms with Crippen LogP contribution in [-0.2, 0) is 0 Å². The van der Waals surface area contributed by atoms with Crippen LogP contribution in [0.3, 0.4) is 0 Å². The lowest BCUT2D eigenvalue weighted by atomic mass is 10.0. The van der Waals surface area contributed by atoms with Gasteiger partial charge in [-0.2, -0.15) is 8.78 Å². The highest BCUT2D eigenvalue weighted by Crippen LogP contribution is 2.35. The standard InChI is InChI=1S/C14H20F2N2S/c1-2-17-11-6-5-9-18(10-11)12-7-3-4-8-13(12)19-14(15)16/h3-4,7-8,11,14,17H,2,5-6,9-10H2,1H3. The first-order valence-corrected chi connectivity index (χ1v) is 7.61. The van der Waals surface area contributed by atoms with Crippen molar-refractivity contribution in [3.8, 4) is 0 Å². The predicted octanol–water partition coefficient (Wildman–Crippen LogP) is 3.58. The van der Waals surface area contributed by atoms with E-state index >= 15 is 0 Å². The van der Waals surface area contributed by atoms with Crippen molar-refractivity contribution in [3.05, 3.63) is 24.3 Å². The highest BCUT2D eigenvalue weighted by Gasteiger charge is 2.21. The lowest BCUT2D eigenvalue weighted by Crippen LogP contribution is -2.45. The molecule has 0 bridgehead atoms. The fourth-order valence-corrected chi connectivity index (χ4v) is 3.23. The van der Waals surface area contributed by atoms with E-state index < -0.39 is 5.76 Å². The highest BCUT2D eigenvalue weighted by molar-refractivity contribution is 7.99. The Kier molecular flexibility index (Phi) is 5.45. The maximum atomic E-state index is 12.6. The topological polar surface area (TPSA) is 15.3 Å². The van der Waals surface area contributed by atoms with Gasteiger partial charge in [-0.1, -0.05) is 30.8 Å². The summed E-state index contributed by atoms with van der Waals surface area (Å²) in [5.41, 5.74) is 0.940. The number of rotatable bonds is 5. The van der Waals surface area contributed by atoms with E-state index in [9.17, 15) is 8.78 Å². The zero-order valence-corrected chi connectivity index (χ0v) is 11.9. The van der Waals surface area contributed by atoms with E-state index in [4.69, 9.17) is 0 Å². The number of nitrogens with one attached hydrogen (secondary N) is 1. The Bertz CT molecular complexity index is 399. The summed E-state index contributed by atoms with van der Waals surface area (Å²) in [6.07, 6.45) is 2.26. The van der Waals surface area contributed by atoms with Crippen molar-refractivity contribution in [2.75, 3.05) is 24.5 Å². The zero-order valence-electron chi connectivity index (χ0n) is 11.1. The Morgan fingerprint density at radius 2 is 2.21 bits per heavy atom. The molecule has 1 aliphatic rings. The molecule has 1 fully saturated rings. The highest BCUT2D eigenvalue weighted by atomic mass is 32.2. The van der Waals surface area contributed by atoms with E-state index in [2.05, 4.69) is 17.1 Å². The molecule has 2 nitrogen and oxygen atoms in total. The van der Waals surface area contributed by atoms with Crippen molar-refractivity contribution in [2.24, 2.45) is 0 Å². The number of anilines is 1. The monoisotopic (exact) mass is 286 g/mol. The van der Waals surface area contributed by atoms with Crippen molar-refractivity contribution in [1.29, 1.82) is 0 Å². The molecule has 106 valence electrons. The quantitative estimate of drug-likeness (QED) is 0.833. The van der Waals surface area contributed by atoms with Crippen LogP contribution in [-0.4, -0.2) is 31.4 Å². The normalized spacial score (nSPS) is 20.0. The number of para-hydroxylation sites is 1. The summed E-state index contributed by atoms with van der Waals surface area (Å²) in [5.74, 6) is -2.37. The van der Waals surface area contributed by atoms with Gasteiger partial charge in [-0.25, -0.2) is 0 Å². The Morgan fingerprint density at radius 3 is 2.95 bits per heavy atom. The third kappa shape index (κ3) is 4.08. The van der Waals surface area contributed by atoms with Gasteiger partial charge in [0.05, 0.1) is 5.69 Å².